The average molecular weight is 434 g/mol. The van der Waals surface area contributed by atoms with Gasteiger partial charge in [0, 0.05) is 61.0 Å². The summed E-state index contributed by atoms with van der Waals surface area (Å²) in [7, 11) is 3.35. The van der Waals surface area contributed by atoms with Crippen molar-refractivity contribution in [2.75, 3.05) is 46.9 Å². The number of piperazine rings is 1. The Balaban J connectivity index is 1.31. The third-order valence-electron chi connectivity index (χ3n) is 6.20. The number of nitrogens with zero attached hydrogens (tertiary/aromatic N) is 2. The van der Waals surface area contributed by atoms with Crippen LogP contribution < -0.4 is 9.47 Å². The minimum Gasteiger partial charge on any atom is -0.497 e. The highest BCUT2D eigenvalue weighted by molar-refractivity contribution is 5.97. The van der Waals surface area contributed by atoms with Crippen LogP contribution in [0.2, 0.25) is 0 Å². The maximum absolute atomic E-state index is 12.8. The third-order valence-corrected chi connectivity index (χ3v) is 6.20. The summed E-state index contributed by atoms with van der Waals surface area (Å²) < 4.78 is 10.6. The zero-order valence-corrected chi connectivity index (χ0v) is 19.1. The lowest BCUT2D eigenvalue weighted by molar-refractivity contribution is -0.127. The number of fused-ring (bicyclic) bond motifs is 1. The molecule has 0 spiro atoms. The van der Waals surface area contributed by atoms with Crippen LogP contribution in [0, 0.1) is 6.92 Å². The maximum atomic E-state index is 12.8. The van der Waals surface area contributed by atoms with Gasteiger partial charge in [0.25, 0.3) is 0 Å². The number of benzene rings is 2. The van der Waals surface area contributed by atoms with Crippen molar-refractivity contribution in [1.82, 2.24) is 14.8 Å². The van der Waals surface area contributed by atoms with Crippen molar-refractivity contribution in [3.63, 3.8) is 0 Å². The van der Waals surface area contributed by atoms with Crippen molar-refractivity contribution >= 4 is 22.9 Å². The Morgan fingerprint density at radius 3 is 2.38 bits per heavy atom. The van der Waals surface area contributed by atoms with E-state index in [1.807, 2.05) is 48.2 Å². The normalized spacial score (nSPS) is 14.9. The minimum absolute atomic E-state index is 0.0662. The molecule has 1 aromatic heterocycles. The quantitative estimate of drug-likeness (QED) is 0.575. The highest BCUT2D eigenvalue weighted by atomic mass is 16.5. The summed E-state index contributed by atoms with van der Waals surface area (Å²) in [5.41, 5.74) is 4.42. The van der Waals surface area contributed by atoms with Crippen molar-refractivity contribution in [3.8, 4) is 11.5 Å². The molecule has 6 nitrogen and oxygen atoms in total. The van der Waals surface area contributed by atoms with Gasteiger partial charge in [0.05, 0.1) is 14.2 Å². The molecule has 1 N–H and O–H groups in total. The number of rotatable bonds is 7. The summed E-state index contributed by atoms with van der Waals surface area (Å²) in [6.07, 6.45) is 4.62. The van der Waals surface area contributed by atoms with Crippen LogP contribution in [0.4, 0.5) is 0 Å². The minimum atomic E-state index is 0.0662. The average Bonchev–Trinajstić information content (AvgIpc) is 3.15. The van der Waals surface area contributed by atoms with Crippen molar-refractivity contribution < 1.29 is 14.3 Å². The first kappa shape index (κ1) is 22.0. The van der Waals surface area contributed by atoms with Crippen LogP contribution in [0.1, 0.15) is 16.8 Å². The molecule has 0 aliphatic carbocycles. The number of nitrogens with one attached hydrogen (secondary N) is 1. The van der Waals surface area contributed by atoms with E-state index in [-0.39, 0.29) is 5.91 Å². The van der Waals surface area contributed by atoms with Gasteiger partial charge in [0.15, 0.2) is 0 Å². The van der Waals surface area contributed by atoms with E-state index < -0.39 is 0 Å². The zero-order chi connectivity index (χ0) is 22.5. The van der Waals surface area contributed by atoms with Gasteiger partial charge >= 0.3 is 0 Å². The van der Waals surface area contributed by atoms with Crippen LogP contribution in [0.15, 0.2) is 48.5 Å². The molecule has 1 fully saturated rings. The first-order valence-corrected chi connectivity index (χ1v) is 11.1. The smallest absolute Gasteiger partial charge is 0.246 e. The van der Waals surface area contributed by atoms with Gasteiger partial charge in [0.2, 0.25) is 5.91 Å². The second kappa shape index (κ2) is 9.92. The van der Waals surface area contributed by atoms with Crippen LogP contribution in [-0.4, -0.2) is 67.6 Å². The summed E-state index contributed by atoms with van der Waals surface area (Å²) in [6, 6.07) is 14.2. The van der Waals surface area contributed by atoms with Gasteiger partial charge in [-0.2, -0.15) is 0 Å². The molecule has 4 rings (SSSR count). The second-order valence-corrected chi connectivity index (χ2v) is 8.17. The molecule has 168 valence electrons. The van der Waals surface area contributed by atoms with E-state index in [0.717, 1.165) is 72.8 Å². The molecule has 1 saturated heterocycles. The molecule has 0 bridgehead atoms. The Labute approximate surface area is 189 Å². The summed E-state index contributed by atoms with van der Waals surface area (Å²) in [4.78, 5) is 20.5. The molecular weight excluding hydrogens is 402 g/mol. The van der Waals surface area contributed by atoms with Gasteiger partial charge in [0.1, 0.15) is 11.5 Å². The highest BCUT2D eigenvalue weighted by Crippen LogP contribution is 2.27. The van der Waals surface area contributed by atoms with Crippen molar-refractivity contribution in [2.24, 2.45) is 0 Å². The fourth-order valence-electron chi connectivity index (χ4n) is 4.20. The molecule has 0 unspecified atom stereocenters. The standard InChI is InChI=1S/C26H31N3O3/c1-19-23(24-18-22(32-3)8-10-25(24)27-19)9-11-26(30)29-16-14-28(15-17-29)13-12-20-4-6-21(31-2)7-5-20/h4-11,18,27H,12-17H2,1-3H3/b11-9+. The lowest BCUT2D eigenvalue weighted by atomic mass is 10.1. The molecule has 3 aromatic rings. The highest BCUT2D eigenvalue weighted by Gasteiger charge is 2.19. The van der Waals surface area contributed by atoms with Crippen molar-refractivity contribution in [2.45, 2.75) is 13.3 Å². The van der Waals surface area contributed by atoms with Gasteiger partial charge in [-0.05, 0) is 55.3 Å². The maximum Gasteiger partial charge on any atom is 0.246 e. The largest absolute Gasteiger partial charge is 0.497 e. The van der Waals surface area contributed by atoms with Crippen LogP contribution in [0.5, 0.6) is 11.5 Å². The van der Waals surface area contributed by atoms with E-state index >= 15 is 0 Å². The van der Waals surface area contributed by atoms with Gasteiger partial charge in [-0.3, -0.25) is 9.69 Å². The molecule has 1 aliphatic heterocycles. The number of carbonyl (C=O) groups excluding carboxylic acids is 1. The molecule has 2 aromatic carbocycles. The second-order valence-electron chi connectivity index (χ2n) is 8.17. The Kier molecular flexibility index (Phi) is 6.81. The number of ether oxygens (including phenoxy) is 2. The van der Waals surface area contributed by atoms with E-state index in [1.165, 1.54) is 5.56 Å². The number of carbonyl (C=O) groups is 1. The van der Waals surface area contributed by atoms with Gasteiger partial charge in [-0.15, -0.1) is 0 Å². The molecule has 6 heteroatoms. The molecule has 0 atom stereocenters. The number of hydrogen-bond acceptors (Lipinski definition) is 4. The number of methoxy groups -OCH3 is 2. The predicted molar refractivity (Wildman–Crippen MR) is 128 cm³/mol. The monoisotopic (exact) mass is 433 g/mol. The number of aromatic nitrogens is 1. The molecule has 0 radical (unpaired) electrons. The van der Waals surface area contributed by atoms with E-state index in [2.05, 4.69) is 22.0 Å². The molecule has 32 heavy (non-hydrogen) atoms. The zero-order valence-electron chi connectivity index (χ0n) is 19.1. The molecule has 0 saturated carbocycles. The van der Waals surface area contributed by atoms with Crippen molar-refractivity contribution in [3.05, 3.63) is 65.4 Å². The summed E-state index contributed by atoms with van der Waals surface area (Å²) >= 11 is 0. The van der Waals surface area contributed by atoms with Crippen LogP contribution >= 0.6 is 0 Å². The Morgan fingerprint density at radius 1 is 1.00 bits per heavy atom. The number of hydrogen-bond donors (Lipinski definition) is 1. The summed E-state index contributed by atoms with van der Waals surface area (Å²) in [6.45, 7) is 6.34. The predicted octanol–water partition coefficient (Wildman–Crippen LogP) is 3.89. The van der Waals surface area contributed by atoms with Crippen LogP contribution in [0.3, 0.4) is 0 Å². The first-order chi connectivity index (χ1) is 15.6. The van der Waals surface area contributed by atoms with E-state index in [1.54, 1.807) is 20.3 Å². The van der Waals surface area contributed by atoms with Crippen LogP contribution in [-0.2, 0) is 11.2 Å². The fourth-order valence-corrected chi connectivity index (χ4v) is 4.20. The van der Waals surface area contributed by atoms with Gasteiger partial charge < -0.3 is 19.4 Å². The number of H-pyrrole nitrogens is 1. The molecule has 1 amide bonds. The van der Waals surface area contributed by atoms with E-state index in [9.17, 15) is 4.79 Å². The Bertz CT molecular complexity index is 1090. The topological polar surface area (TPSA) is 57.8 Å². The lowest BCUT2D eigenvalue weighted by Gasteiger charge is -2.34. The van der Waals surface area contributed by atoms with Gasteiger partial charge in [-0.1, -0.05) is 12.1 Å². The SMILES string of the molecule is COc1ccc(CCN2CCN(C(=O)/C=C/c3c(C)[nH]c4ccc(OC)cc34)CC2)cc1. The van der Waals surface area contributed by atoms with E-state index in [0.29, 0.717) is 0 Å². The molecular formula is C26H31N3O3. The summed E-state index contributed by atoms with van der Waals surface area (Å²) in [5.74, 6) is 1.76. The summed E-state index contributed by atoms with van der Waals surface area (Å²) in [5, 5.41) is 1.06. The van der Waals surface area contributed by atoms with Gasteiger partial charge in [-0.25, -0.2) is 0 Å². The Hall–Kier alpha value is -3.25. The lowest BCUT2D eigenvalue weighted by Crippen LogP contribution is -2.48. The fraction of sp³-hybridized carbons (Fsp3) is 0.346. The Morgan fingerprint density at radius 2 is 1.69 bits per heavy atom. The third kappa shape index (κ3) is 4.97. The van der Waals surface area contributed by atoms with Crippen molar-refractivity contribution in [1.29, 1.82) is 0 Å². The van der Waals surface area contributed by atoms with Crippen LogP contribution in [0.25, 0.3) is 17.0 Å². The number of aryl methyl sites for hydroxylation is 1. The number of amides is 1. The molecule has 2 heterocycles. The number of aromatic amines is 1. The van der Waals surface area contributed by atoms with E-state index in [4.69, 9.17) is 9.47 Å². The molecule has 1 aliphatic rings. The first-order valence-electron chi connectivity index (χ1n) is 11.1.